The third kappa shape index (κ3) is 3.75. The molecule has 1 heterocycles. The summed E-state index contributed by atoms with van der Waals surface area (Å²) >= 11 is 0. The number of nitrogens with one attached hydrogen (secondary N) is 1. The number of unbranched alkanes of at least 4 members (excludes halogenated alkanes) is 2. The van der Waals surface area contributed by atoms with Gasteiger partial charge in [-0.2, -0.15) is 5.10 Å². The number of nitrogens with zero attached hydrogens (tertiary/aromatic N) is 2. The fourth-order valence-electron chi connectivity index (χ4n) is 1.54. The minimum absolute atomic E-state index is 0.0740. The molecule has 16 heavy (non-hydrogen) atoms. The average Bonchev–Trinajstić information content (AvgIpc) is 2.35. The number of rotatable bonds is 7. The molecule has 0 saturated heterocycles. The lowest BCUT2D eigenvalue weighted by Gasteiger charge is -2.14. The number of aromatic nitrogens is 2. The van der Waals surface area contributed by atoms with E-state index >= 15 is 0 Å². The largest absolute Gasteiger partial charge is 0.480 e. The fraction of sp³-hybridized carbons (Fsp3) is 0.636. The van der Waals surface area contributed by atoms with Crippen LogP contribution < -0.4 is 16.0 Å². The minimum Gasteiger partial charge on any atom is -0.480 e. The lowest BCUT2D eigenvalue weighted by atomic mass is 10.1. The SMILES string of the molecule is CCCCCC(NN)c1ccc(OC)nn1. The van der Waals surface area contributed by atoms with Crippen LogP contribution in [0.3, 0.4) is 0 Å². The first-order chi connectivity index (χ1) is 7.81. The molecule has 5 heteroatoms. The summed E-state index contributed by atoms with van der Waals surface area (Å²) in [6.07, 6.45) is 4.53. The number of methoxy groups -OCH3 is 1. The second-order valence-electron chi connectivity index (χ2n) is 3.72. The van der Waals surface area contributed by atoms with Crippen molar-refractivity contribution in [3.05, 3.63) is 17.8 Å². The Balaban J connectivity index is 2.56. The van der Waals surface area contributed by atoms with E-state index < -0.39 is 0 Å². The van der Waals surface area contributed by atoms with Crippen LogP contribution >= 0.6 is 0 Å². The molecule has 1 aromatic rings. The van der Waals surface area contributed by atoms with Crippen LogP contribution in [0.4, 0.5) is 0 Å². The van der Waals surface area contributed by atoms with Gasteiger partial charge >= 0.3 is 0 Å². The molecule has 0 bridgehead atoms. The first-order valence-electron chi connectivity index (χ1n) is 5.65. The molecular formula is C11H20N4O. The fourth-order valence-corrected chi connectivity index (χ4v) is 1.54. The summed E-state index contributed by atoms with van der Waals surface area (Å²) in [5, 5.41) is 8.01. The number of ether oxygens (including phenoxy) is 1. The van der Waals surface area contributed by atoms with Gasteiger partial charge in [0.25, 0.3) is 0 Å². The molecule has 1 aromatic heterocycles. The maximum absolute atomic E-state index is 5.51. The zero-order chi connectivity index (χ0) is 11.8. The van der Waals surface area contributed by atoms with Crippen molar-refractivity contribution in [3.63, 3.8) is 0 Å². The number of hydrogen-bond donors (Lipinski definition) is 2. The molecule has 0 aliphatic carbocycles. The van der Waals surface area contributed by atoms with E-state index in [1.54, 1.807) is 13.2 Å². The molecule has 1 unspecified atom stereocenters. The Kier molecular flexibility index (Phi) is 5.74. The molecule has 5 nitrogen and oxygen atoms in total. The Morgan fingerprint density at radius 1 is 1.38 bits per heavy atom. The van der Waals surface area contributed by atoms with Crippen molar-refractivity contribution in [2.24, 2.45) is 5.84 Å². The lowest BCUT2D eigenvalue weighted by Crippen LogP contribution is -2.28. The van der Waals surface area contributed by atoms with Crippen molar-refractivity contribution < 1.29 is 4.74 Å². The van der Waals surface area contributed by atoms with Crippen molar-refractivity contribution in [1.29, 1.82) is 0 Å². The van der Waals surface area contributed by atoms with E-state index in [1.165, 1.54) is 12.8 Å². The van der Waals surface area contributed by atoms with Gasteiger partial charge in [0, 0.05) is 6.07 Å². The van der Waals surface area contributed by atoms with Crippen molar-refractivity contribution in [3.8, 4) is 5.88 Å². The molecule has 0 aromatic carbocycles. The van der Waals surface area contributed by atoms with Crippen LogP contribution in [0.5, 0.6) is 5.88 Å². The maximum atomic E-state index is 5.51. The molecule has 1 atom stereocenters. The average molecular weight is 224 g/mol. The molecule has 0 aliphatic heterocycles. The third-order valence-corrected chi connectivity index (χ3v) is 2.52. The van der Waals surface area contributed by atoms with Crippen LogP contribution in [0.1, 0.15) is 44.3 Å². The van der Waals surface area contributed by atoms with E-state index in [4.69, 9.17) is 10.6 Å². The molecular weight excluding hydrogens is 204 g/mol. The highest BCUT2D eigenvalue weighted by Gasteiger charge is 2.11. The number of nitrogens with two attached hydrogens (primary N) is 1. The van der Waals surface area contributed by atoms with Crippen LogP contribution in [0.2, 0.25) is 0 Å². The molecule has 0 saturated carbocycles. The monoisotopic (exact) mass is 224 g/mol. The molecule has 0 radical (unpaired) electrons. The predicted molar refractivity (Wildman–Crippen MR) is 62.8 cm³/mol. The summed E-state index contributed by atoms with van der Waals surface area (Å²) in [5.41, 5.74) is 3.63. The zero-order valence-corrected chi connectivity index (χ0v) is 9.94. The standard InChI is InChI=1S/C11H20N4O/c1-3-4-5-6-9(13-12)10-7-8-11(16-2)15-14-10/h7-9,13H,3-6,12H2,1-2H3. The molecule has 0 spiro atoms. The smallest absolute Gasteiger partial charge is 0.233 e. The lowest BCUT2D eigenvalue weighted by molar-refractivity contribution is 0.388. The number of hydrogen-bond acceptors (Lipinski definition) is 5. The first-order valence-corrected chi connectivity index (χ1v) is 5.65. The Labute approximate surface area is 96.4 Å². The van der Waals surface area contributed by atoms with Crippen molar-refractivity contribution >= 4 is 0 Å². The van der Waals surface area contributed by atoms with E-state index in [9.17, 15) is 0 Å². The highest BCUT2D eigenvalue weighted by Crippen LogP contribution is 2.17. The summed E-state index contributed by atoms with van der Waals surface area (Å²) in [7, 11) is 1.57. The van der Waals surface area contributed by atoms with Crippen LogP contribution in [0.15, 0.2) is 12.1 Å². The van der Waals surface area contributed by atoms with E-state index in [0.29, 0.717) is 5.88 Å². The summed E-state index contributed by atoms with van der Waals surface area (Å²) in [6, 6.07) is 3.76. The van der Waals surface area contributed by atoms with E-state index in [2.05, 4.69) is 22.5 Å². The van der Waals surface area contributed by atoms with Crippen LogP contribution in [0, 0.1) is 0 Å². The van der Waals surface area contributed by atoms with E-state index in [1.807, 2.05) is 6.07 Å². The van der Waals surface area contributed by atoms with Crippen molar-refractivity contribution in [2.75, 3.05) is 7.11 Å². The Morgan fingerprint density at radius 3 is 2.69 bits per heavy atom. The number of hydrazine groups is 1. The Hall–Kier alpha value is -1.20. The highest BCUT2D eigenvalue weighted by atomic mass is 16.5. The summed E-state index contributed by atoms with van der Waals surface area (Å²) < 4.78 is 4.96. The van der Waals surface area contributed by atoms with Crippen LogP contribution in [-0.2, 0) is 0 Å². The molecule has 90 valence electrons. The third-order valence-electron chi connectivity index (χ3n) is 2.52. The van der Waals surface area contributed by atoms with Gasteiger partial charge in [-0.25, -0.2) is 0 Å². The molecule has 0 fully saturated rings. The maximum Gasteiger partial charge on any atom is 0.233 e. The van der Waals surface area contributed by atoms with Gasteiger partial charge in [0.15, 0.2) is 0 Å². The van der Waals surface area contributed by atoms with Crippen molar-refractivity contribution in [1.82, 2.24) is 15.6 Å². The zero-order valence-electron chi connectivity index (χ0n) is 9.94. The van der Waals surface area contributed by atoms with Crippen LogP contribution in [-0.4, -0.2) is 17.3 Å². The molecule has 0 amide bonds. The van der Waals surface area contributed by atoms with Crippen molar-refractivity contribution in [2.45, 2.75) is 38.6 Å². The molecule has 1 rings (SSSR count). The highest BCUT2D eigenvalue weighted by molar-refractivity contribution is 5.13. The van der Waals surface area contributed by atoms with Gasteiger partial charge < -0.3 is 4.74 Å². The van der Waals surface area contributed by atoms with Crippen LogP contribution in [0.25, 0.3) is 0 Å². The topological polar surface area (TPSA) is 73.1 Å². The Morgan fingerprint density at radius 2 is 2.19 bits per heavy atom. The van der Waals surface area contributed by atoms with Gasteiger partial charge in [-0.3, -0.25) is 11.3 Å². The van der Waals surface area contributed by atoms with Gasteiger partial charge in [0.1, 0.15) is 0 Å². The van der Waals surface area contributed by atoms with E-state index in [0.717, 1.165) is 18.5 Å². The van der Waals surface area contributed by atoms with Gasteiger partial charge in [-0.15, -0.1) is 5.10 Å². The molecule has 0 aliphatic rings. The first kappa shape index (κ1) is 12.9. The van der Waals surface area contributed by atoms with Gasteiger partial charge in [-0.1, -0.05) is 26.2 Å². The molecule has 3 N–H and O–H groups in total. The Bertz CT molecular complexity index is 289. The summed E-state index contributed by atoms with van der Waals surface area (Å²) in [4.78, 5) is 0. The predicted octanol–water partition coefficient (Wildman–Crippen LogP) is 1.57. The quantitative estimate of drug-likeness (QED) is 0.418. The summed E-state index contributed by atoms with van der Waals surface area (Å²) in [5.74, 6) is 6.03. The summed E-state index contributed by atoms with van der Waals surface area (Å²) in [6.45, 7) is 2.18. The van der Waals surface area contributed by atoms with Gasteiger partial charge in [0.2, 0.25) is 5.88 Å². The normalized spacial score (nSPS) is 12.4. The van der Waals surface area contributed by atoms with E-state index in [-0.39, 0.29) is 6.04 Å². The second kappa shape index (κ2) is 7.14. The second-order valence-corrected chi connectivity index (χ2v) is 3.72. The minimum atomic E-state index is 0.0740. The van der Waals surface area contributed by atoms with Gasteiger partial charge in [-0.05, 0) is 12.5 Å². The van der Waals surface area contributed by atoms with Gasteiger partial charge in [0.05, 0.1) is 18.8 Å².